The predicted octanol–water partition coefficient (Wildman–Crippen LogP) is 1.85. The number of aromatic nitrogens is 2. The Morgan fingerprint density at radius 3 is 3.06 bits per heavy atom. The van der Waals surface area contributed by atoms with Crippen LogP contribution in [0.4, 0.5) is 5.82 Å². The van der Waals surface area contributed by atoms with Crippen LogP contribution in [0.15, 0.2) is 30.6 Å². The molecule has 1 saturated heterocycles. The summed E-state index contributed by atoms with van der Waals surface area (Å²) in [5.74, 6) is 1.02. The Kier molecular flexibility index (Phi) is 2.65. The summed E-state index contributed by atoms with van der Waals surface area (Å²) in [4.78, 5) is 11.0. The summed E-state index contributed by atoms with van der Waals surface area (Å²) in [5, 5.41) is 1.11. The average Bonchev–Trinajstić information content (AvgIpc) is 2.38. The molecule has 0 radical (unpaired) electrons. The molecule has 1 aromatic heterocycles. The first-order valence-corrected chi connectivity index (χ1v) is 5.91. The largest absolute Gasteiger partial charge is 0.375 e. The van der Waals surface area contributed by atoms with Crippen LogP contribution in [0, 0.1) is 0 Å². The Morgan fingerprint density at radius 2 is 2.18 bits per heavy atom. The van der Waals surface area contributed by atoms with Crippen molar-refractivity contribution in [2.24, 2.45) is 0 Å². The number of rotatable bonds is 1. The molecule has 1 aliphatic rings. The van der Waals surface area contributed by atoms with Crippen molar-refractivity contribution < 1.29 is 4.74 Å². The summed E-state index contributed by atoms with van der Waals surface area (Å²) < 4.78 is 5.56. The second kappa shape index (κ2) is 4.30. The summed E-state index contributed by atoms with van der Waals surface area (Å²) in [6.45, 7) is 4.64. The number of nitrogens with zero attached hydrogens (tertiary/aromatic N) is 3. The maximum Gasteiger partial charge on any atom is 0.140 e. The highest BCUT2D eigenvalue weighted by Crippen LogP contribution is 2.23. The quantitative estimate of drug-likeness (QED) is 0.748. The second-order valence-corrected chi connectivity index (χ2v) is 4.34. The van der Waals surface area contributed by atoms with E-state index in [9.17, 15) is 0 Å². The van der Waals surface area contributed by atoms with Crippen LogP contribution < -0.4 is 4.90 Å². The molecular weight excluding hydrogens is 214 g/mol. The highest BCUT2D eigenvalue weighted by molar-refractivity contribution is 5.89. The predicted molar refractivity (Wildman–Crippen MR) is 67.2 cm³/mol. The number of morpholine rings is 1. The topological polar surface area (TPSA) is 38.2 Å². The van der Waals surface area contributed by atoms with E-state index in [0.29, 0.717) is 0 Å². The van der Waals surface area contributed by atoms with Gasteiger partial charge in [0.25, 0.3) is 0 Å². The smallest absolute Gasteiger partial charge is 0.140 e. The summed E-state index contributed by atoms with van der Waals surface area (Å²) in [6, 6.07) is 8.12. The minimum absolute atomic E-state index is 0.262. The van der Waals surface area contributed by atoms with Crippen molar-refractivity contribution in [1.82, 2.24) is 9.97 Å². The second-order valence-electron chi connectivity index (χ2n) is 4.34. The molecule has 2 aromatic rings. The van der Waals surface area contributed by atoms with Crippen molar-refractivity contribution in [1.29, 1.82) is 0 Å². The zero-order valence-corrected chi connectivity index (χ0v) is 9.84. The van der Waals surface area contributed by atoms with E-state index in [4.69, 9.17) is 4.74 Å². The van der Waals surface area contributed by atoms with Gasteiger partial charge in [-0.05, 0) is 19.1 Å². The first-order valence-electron chi connectivity index (χ1n) is 5.91. The maximum atomic E-state index is 5.56. The maximum absolute atomic E-state index is 5.56. The molecule has 4 nitrogen and oxygen atoms in total. The SMILES string of the molecule is C[C@@H]1CN(c2ncnc3ccccc23)CCO1. The third-order valence-electron chi connectivity index (χ3n) is 3.06. The number of hydrogen-bond donors (Lipinski definition) is 0. The highest BCUT2D eigenvalue weighted by atomic mass is 16.5. The fourth-order valence-electron chi connectivity index (χ4n) is 2.25. The summed E-state index contributed by atoms with van der Waals surface area (Å²) >= 11 is 0. The molecule has 88 valence electrons. The Morgan fingerprint density at radius 1 is 1.29 bits per heavy atom. The zero-order valence-electron chi connectivity index (χ0n) is 9.84. The van der Waals surface area contributed by atoms with Crippen LogP contribution in [-0.4, -0.2) is 35.8 Å². The normalized spacial score (nSPS) is 20.8. The van der Waals surface area contributed by atoms with Gasteiger partial charge in [-0.3, -0.25) is 0 Å². The van der Waals surface area contributed by atoms with Crippen LogP contribution in [0.1, 0.15) is 6.92 Å². The van der Waals surface area contributed by atoms with Gasteiger partial charge in [-0.25, -0.2) is 9.97 Å². The Labute approximate surface area is 100 Å². The molecule has 0 spiro atoms. The summed E-state index contributed by atoms with van der Waals surface area (Å²) in [6.07, 6.45) is 1.90. The fourth-order valence-corrected chi connectivity index (χ4v) is 2.25. The molecular formula is C13H15N3O. The van der Waals surface area contributed by atoms with E-state index in [1.54, 1.807) is 6.33 Å². The number of para-hydroxylation sites is 1. The number of anilines is 1. The van der Waals surface area contributed by atoms with E-state index in [-0.39, 0.29) is 6.10 Å². The van der Waals surface area contributed by atoms with Gasteiger partial charge >= 0.3 is 0 Å². The van der Waals surface area contributed by atoms with Gasteiger partial charge in [-0.1, -0.05) is 12.1 Å². The van der Waals surface area contributed by atoms with Crippen LogP contribution >= 0.6 is 0 Å². The van der Waals surface area contributed by atoms with E-state index in [1.165, 1.54) is 0 Å². The van der Waals surface area contributed by atoms with Gasteiger partial charge in [0.2, 0.25) is 0 Å². The van der Waals surface area contributed by atoms with Crippen LogP contribution in [0.3, 0.4) is 0 Å². The molecule has 0 amide bonds. The molecule has 0 unspecified atom stereocenters. The van der Waals surface area contributed by atoms with Gasteiger partial charge in [0.05, 0.1) is 18.2 Å². The Balaban J connectivity index is 2.04. The summed E-state index contributed by atoms with van der Waals surface area (Å²) in [7, 11) is 0. The standard InChI is InChI=1S/C13H15N3O/c1-10-8-16(6-7-17-10)13-11-4-2-3-5-12(11)14-9-15-13/h2-5,9-10H,6-8H2,1H3/t10-/m1/s1. The van der Waals surface area contributed by atoms with E-state index < -0.39 is 0 Å². The van der Waals surface area contributed by atoms with E-state index in [2.05, 4.69) is 27.9 Å². The molecule has 1 atom stereocenters. The molecule has 0 aliphatic carbocycles. The molecule has 1 aliphatic heterocycles. The number of ether oxygens (including phenoxy) is 1. The lowest BCUT2D eigenvalue weighted by Gasteiger charge is -2.32. The zero-order chi connectivity index (χ0) is 11.7. The first-order chi connectivity index (χ1) is 8.34. The molecule has 1 aromatic carbocycles. The molecule has 17 heavy (non-hydrogen) atoms. The van der Waals surface area contributed by atoms with Gasteiger partial charge < -0.3 is 9.64 Å². The highest BCUT2D eigenvalue weighted by Gasteiger charge is 2.19. The average molecular weight is 229 g/mol. The molecule has 3 rings (SSSR count). The van der Waals surface area contributed by atoms with Crippen molar-refractivity contribution in [3.63, 3.8) is 0 Å². The minimum Gasteiger partial charge on any atom is -0.375 e. The lowest BCUT2D eigenvalue weighted by molar-refractivity contribution is 0.0530. The first kappa shape index (κ1) is 10.5. The van der Waals surface area contributed by atoms with E-state index >= 15 is 0 Å². The van der Waals surface area contributed by atoms with Crippen LogP contribution in [0.2, 0.25) is 0 Å². The number of hydrogen-bond acceptors (Lipinski definition) is 4. The lowest BCUT2D eigenvalue weighted by Crippen LogP contribution is -2.41. The number of fused-ring (bicyclic) bond motifs is 1. The van der Waals surface area contributed by atoms with Gasteiger partial charge in [-0.2, -0.15) is 0 Å². The molecule has 1 fully saturated rings. The number of benzene rings is 1. The fraction of sp³-hybridized carbons (Fsp3) is 0.385. The molecule has 0 bridgehead atoms. The van der Waals surface area contributed by atoms with Crippen molar-refractivity contribution in [2.45, 2.75) is 13.0 Å². The van der Waals surface area contributed by atoms with Crippen LogP contribution in [-0.2, 0) is 4.74 Å². The molecule has 0 N–H and O–H groups in total. The molecule has 2 heterocycles. The van der Waals surface area contributed by atoms with E-state index in [0.717, 1.165) is 36.4 Å². The van der Waals surface area contributed by atoms with Gasteiger partial charge in [0.1, 0.15) is 12.1 Å². The van der Waals surface area contributed by atoms with Gasteiger partial charge in [-0.15, -0.1) is 0 Å². The van der Waals surface area contributed by atoms with Gasteiger partial charge in [0.15, 0.2) is 0 Å². The lowest BCUT2D eigenvalue weighted by atomic mass is 10.2. The van der Waals surface area contributed by atoms with Crippen LogP contribution in [0.25, 0.3) is 10.9 Å². The monoisotopic (exact) mass is 229 g/mol. The molecule has 4 heteroatoms. The van der Waals surface area contributed by atoms with Crippen molar-refractivity contribution in [3.8, 4) is 0 Å². The summed E-state index contributed by atoms with van der Waals surface area (Å²) in [5.41, 5.74) is 0.997. The third-order valence-corrected chi connectivity index (χ3v) is 3.06. The van der Waals surface area contributed by atoms with Crippen molar-refractivity contribution in [3.05, 3.63) is 30.6 Å². The molecule has 0 saturated carbocycles. The van der Waals surface area contributed by atoms with Crippen molar-refractivity contribution in [2.75, 3.05) is 24.6 Å². The van der Waals surface area contributed by atoms with Crippen LogP contribution in [0.5, 0.6) is 0 Å². The van der Waals surface area contributed by atoms with E-state index in [1.807, 2.05) is 18.2 Å². The Bertz CT molecular complexity index is 524. The van der Waals surface area contributed by atoms with Gasteiger partial charge in [0, 0.05) is 18.5 Å². The van der Waals surface area contributed by atoms with Crippen molar-refractivity contribution >= 4 is 16.7 Å². The minimum atomic E-state index is 0.262. The Hall–Kier alpha value is -1.68. The third kappa shape index (κ3) is 1.96.